The van der Waals surface area contributed by atoms with E-state index in [9.17, 15) is 14.4 Å². The van der Waals surface area contributed by atoms with E-state index in [0.29, 0.717) is 23.6 Å². The van der Waals surface area contributed by atoms with Gasteiger partial charge < -0.3 is 10.1 Å². The molecule has 0 fully saturated rings. The second kappa shape index (κ2) is 9.84. The Balaban J connectivity index is 1.99. The van der Waals surface area contributed by atoms with Gasteiger partial charge in [-0.25, -0.2) is 4.79 Å². The molecule has 7 nitrogen and oxygen atoms in total. The summed E-state index contributed by atoms with van der Waals surface area (Å²) in [5, 5.41) is 5.62. The number of carbonyl (C=O) groups excluding carboxylic acids is 3. The molecule has 2 aromatic carbocycles. The fourth-order valence-electron chi connectivity index (χ4n) is 3.23. The van der Waals surface area contributed by atoms with E-state index in [1.807, 2.05) is 49.4 Å². The van der Waals surface area contributed by atoms with Crippen LogP contribution in [0.25, 0.3) is 12.2 Å². The topological polar surface area (TPSA) is 87.7 Å². The van der Waals surface area contributed by atoms with Crippen molar-refractivity contribution in [3.63, 3.8) is 0 Å². The Labute approximate surface area is 175 Å². The highest BCUT2D eigenvalue weighted by Crippen LogP contribution is 2.38. The van der Waals surface area contributed by atoms with Gasteiger partial charge >= 0.3 is 6.09 Å². The number of likely N-dealkylation sites (N-methyl/N-ethyl adjacent to an activating group) is 1. The van der Waals surface area contributed by atoms with Crippen LogP contribution in [0.5, 0.6) is 0 Å². The third kappa shape index (κ3) is 4.93. The summed E-state index contributed by atoms with van der Waals surface area (Å²) in [5.74, 6) is -0.512. The van der Waals surface area contributed by atoms with Gasteiger partial charge in [-0.1, -0.05) is 43.3 Å². The molecule has 7 heteroatoms. The first kappa shape index (κ1) is 21.3. The molecule has 0 spiro atoms. The lowest BCUT2D eigenvalue weighted by Gasteiger charge is -2.25. The van der Waals surface area contributed by atoms with Crippen molar-refractivity contribution < 1.29 is 19.1 Å². The minimum absolute atomic E-state index is 0.146. The molecule has 30 heavy (non-hydrogen) atoms. The van der Waals surface area contributed by atoms with Crippen LogP contribution in [0.4, 0.5) is 21.9 Å². The molecular weight excluding hydrogens is 382 g/mol. The number of Topliss-reactive ketones (excluding diaryl/α,β-unsaturated/α-hetero) is 1. The Bertz CT molecular complexity index is 984. The molecule has 2 amide bonds. The summed E-state index contributed by atoms with van der Waals surface area (Å²) in [4.78, 5) is 38.8. The Kier molecular flexibility index (Phi) is 6.98. The van der Waals surface area contributed by atoms with Gasteiger partial charge in [0.1, 0.15) is 0 Å². The lowest BCUT2D eigenvalue weighted by Crippen LogP contribution is -2.32. The second-order valence-corrected chi connectivity index (χ2v) is 6.74. The molecule has 0 atom stereocenters. The van der Waals surface area contributed by atoms with Crippen molar-refractivity contribution >= 4 is 47.0 Å². The van der Waals surface area contributed by atoms with Crippen molar-refractivity contribution in [1.29, 1.82) is 0 Å². The molecule has 3 rings (SSSR count). The number of ether oxygens (including phenoxy) is 1. The summed E-state index contributed by atoms with van der Waals surface area (Å²) in [7, 11) is 0. The zero-order valence-electron chi connectivity index (χ0n) is 17.1. The van der Waals surface area contributed by atoms with E-state index >= 15 is 0 Å². The SMILES string of the molecule is CCNCC(=O)CC(=O)N1c2ccccc2C=Cc2ccc(NC(=O)OCC)cc21. The van der Waals surface area contributed by atoms with Crippen LogP contribution in [0.3, 0.4) is 0 Å². The average molecular weight is 407 g/mol. The Morgan fingerprint density at radius 2 is 1.70 bits per heavy atom. The average Bonchev–Trinajstić information content (AvgIpc) is 2.89. The van der Waals surface area contributed by atoms with E-state index in [0.717, 1.165) is 11.1 Å². The number of hydrogen-bond donors (Lipinski definition) is 2. The summed E-state index contributed by atoms with van der Waals surface area (Å²) in [5.41, 5.74) is 3.43. The number of ketones is 1. The number of anilines is 3. The maximum Gasteiger partial charge on any atom is 0.411 e. The van der Waals surface area contributed by atoms with Gasteiger partial charge in [-0.05, 0) is 42.8 Å². The molecule has 0 unspecified atom stereocenters. The number of nitrogens with one attached hydrogen (secondary N) is 2. The molecule has 156 valence electrons. The number of hydrogen-bond acceptors (Lipinski definition) is 5. The highest BCUT2D eigenvalue weighted by atomic mass is 16.5. The zero-order chi connectivity index (χ0) is 21.5. The standard InChI is InChI=1S/C23H25N3O4/c1-3-24-15-19(27)14-22(28)26-20-8-6-5-7-16(20)9-10-17-11-12-18(13-21(17)26)25-23(29)30-4-2/h5-13,24H,3-4,14-15H2,1-2H3,(H,25,29). The number of carbonyl (C=O) groups is 3. The van der Waals surface area contributed by atoms with Crippen LogP contribution >= 0.6 is 0 Å². The largest absolute Gasteiger partial charge is 0.450 e. The van der Waals surface area contributed by atoms with E-state index in [1.54, 1.807) is 24.0 Å². The maximum atomic E-state index is 13.2. The number of para-hydroxylation sites is 1. The zero-order valence-corrected chi connectivity index (χ0v) is 17.1. The van der Waals surface area contributed by atoms with E-state index in [2.05, 4.69) is 10.6 Å². The minimum atomic E-state index is -0.569. The third-order valence-electron chi connectivity index (χ3n) is 4.58. The first-order chi connectivity index (χ1) is 14.5. The molecule has 0 radical (unpaired) electrons. The molecular formula is C23H25N3O4. The van der Waals surface area contributed by atoms with Crippen LogP contribution in [-0.4, -0.2) is 37.5 Å². The van der Waals surface area contributed by atoms with Crippen molar-refractivity contribution in [1.82, 2.24) is 5.32 Å². The number of benzene rings is 2. The molecule has 0 saturated carbocycles. The van der Waals surface area contributed by atoms with Crippen molar-refractivity contribution in [3.05, 3.63) is 53.6 Å². The molecule has 1 aliphatic rings. The number of amides is 2. The number of rotatable bonds is 7. The number of nitrogens with zero attached hydrogens (tertiary/aromatic N) is 1. The van der Waals surface area contributed by atoms with E-state index < -0.39 is 6.09 Å². The molecule has 0 saturated heterocycles. The fourth-order valence-corrected chi connectivity index (χ4v) is 3.23. The molecule has 2 aromatic rings. The second-order valence-electron chi connectivity index (χ2n) is 6.74. The number of fused-ring (bicyclic) bond motifs is 2. The Hall–Kier alpha value is -3.45. The Morgan fingerprint density at radius 1 is 0.967 bits per heavy atom. The van der Waals surface area contributed by atoms with E-state index in [4.69, 9.17) is 4.74 Å². The molecule has 1 aliphatic heterocycles. The molecule has 2 N–H and O–H groups in total. The highest BCUT2D eigenvalue weighted by Gasteiger charge is 2.26. The predicted octanol–water partition coefficient (Wildman–Crippen LogP) is 3.97. The van der Waals surface area contributed by atoms with Gasteiger partial charge in [0, 0.05) is 5.69 Å². The van der Waals surface area contributed by atoms with Crippen molar-refractivity contribution in [2.45, 2.75) is 20.3 Å². The van der Waals surface area contributed by atoms with Gasteiger partial charge in [0.15, 0.2) is 5.78 Å². The third-order valence-corrected chi connectivity index (χ3v) is 4.58. The molecule has 1 heterocycles. The van der Waals surface area contributed by atoms with Gasteiger partial charge in [-0.3, -0.25) is 19.8 Å². The highest BCUT2D eigenvalue weighted by molar-refractivity contribution is 6.13. The van der Waals surface area contributed by atoms with Gasteiger partial charge in [0.05, 0.1) is 30.9 Å². The van der Waals surface area contributed by atoms with Crippen LogP contribution in [0.15, 0.2) is 42.5 Å². The van der Waals surface area contributed by atoms with Crippen LogP contribution in [0, 0.1) is 0 Å². The molecule has 0 aliphatic carbocycles. The maximum absolute atomic E-state index is 13.2. The van der Waals surface area contributed by atoms with E-state index in [1.165, 1.54) is 0 Å². The summed E-state index contributed by atoms with van der Waals surface area (Å²) >= 11 is 0. The smallest absolute Gasteiger partial charge is 0.411 e. The lowest BCUT2D eigenvalue weighted by atomic mass is 10.1. The van der Waals surface area contributed by atoms with Gasteiger partial charge in [-0.2, -0.15) is 0 Å². The fraction of sp³-hybridized carbons (Fsp3) is 0.261. The van der Waals surface area contributed by atoms with Crippen LogP contribution in [-0.2, 0) is 14.3 Å². The van der Waals surface area contributed by atoms with Crippen LogP contribution < -0.4 is 15.5 Å². The van der Waals surface area contributed by atoms with Crippen molar-refractivity contribution in [2.24, 2.45) is 0 Å². The summed E-state index contributed by atoms with van der Waals surface area (Å²) < 4.78 is 4.94. The first-order valence-electron chi connectivity index (χ1n) is 9.93. The monoisotopic (exact) mass is 407 g/mol. The first-order valence-corrected chi connectivity index (χ1v) is 9.93. The normalized spacial score (nSPS) is 11.9. The molecule has 0 aromatic heterocycles. The predicted molar refractivity (Wildman–Crippen MR) is 118 cm³/mol. The van der Waals surface area contributed by atoms with Crippen LogP contribution in [0.2, 0.25) is 0 Å². The quantitative estimate of drug-likeness (QED) is 0.678. The van der Waals surface area contributed by atoms with Crippen LogP contribution in [0.1, 0.15) is 31.4 Å². The van der Waals surface area contributed by atoms with Crippen molar-refractivity contribution in [3.8, 4) is 0 Å². The van der Waals surface area contributed by atoms with Gasteiger partial charge in [0.2, 0.25) is 5.91 Å². The van der Waals surface area contributed by atoms with E-state index in [-0.39, 0.29) is 31.3 Å². The van der Waals surface area contributed by atoms with Gasteiger partial charge in [0.25, 0.3) is 0 Å². The summed E-state index contributed by atoms with van der Waals surface area (Å²) in [6, 6.07) is 12.8. The molecule has 0 bridgehead atoms. The summed E-state index contributed by atoms with van der Waals surface area (Å²) in [6.45, 7) is 4.68. The van der Waals surface area contributed by atoms with Gasteiger partial charge in [-0.15, -0.1) is 0 Å². The lowest BCUT2D eigenvalue weighted by molar-refractivity contribution is -0.125. The minimum Gasteiger partial charge on any atom is -0.450 e. The Morgan fingerprint density at radius 3 is 2.43 bits per heavy atom. The van der Waals surface area contributed by atoms with Crippen molar-refractivity contribution in [2.75, 3.05) is 29.9 Å². The summed E-state index contributed by atoms with van der Waals surface area (Å²) in [6.07, 6.45) is 3.05.